The zero-order valence-corrected chi connectivity index (χ0v) is 10.1. The first kappa shape index (κ1) is 12.6. The number of benzene rings is 1. The lowest BCUT2D eigenvalue weighted by Gasteiger charge is -2.04. The summed E-state index contributed by atoms with van der Waals surface area (Å²) >= 11 is 0. The molecule has 0 fully saturated rings. The predicted octanol–water partition coefficient (Wildman–Crippen LogP) is 3.18. The molecule has 0 unspecified atom stereocenters. The molecule has 0 amide bonds. The molecule has 0 saturated carbocycles. The van der Waals surface area contributed by atoms with Crippen LogP contribution in [0.4, 0.5) is 0 Å². The number of carbonyl (C=O) groups is 2. The lowest BCUT2D eigenvalue weighted by Crippen LogP contribution is -2.10. The third kappa shape index (κ3) is 3.97. The number of hydrogen-bond donors (Lipinski definition) is 0. The van der Waals surface area contributed by atoms with E-state index in [-0.39, 0.29) is 18.0 Å². The fourth-order valence-electron chi connectivity index (χ4n) is 1.63. The third-order valence-corrected chi connectivity index (χ3v) is 2.33. The molecule has 0 heterocycles. The van der Waals surface area contributed by atoms with E-state index in [1.807, 2.05) is 39.0 Å². The van der Waals surface area contributed by atoms with E-state index in [0.29, 0.717) is 17.9 Å². The van der Waals surface area contributed by atoms with Crippen molar-refractivity contribution >= 4 is 11.6 Å². The first-order valence-corrected chi connectivity index (χ1v) is 5.60. The SMILES string of the molecule is Cc1cccc(C(=O)CC(=O)CC(C)C)c1. The number of aryl methyl sites for hydroxylation is 1. The van der Waals surface area contributed by atoms with Gasteiger partial charge in [-0.2, -0.15) is 0 Å². The molecule has 0 radical (unpaired) electrons. The van der Waals surface area contributed by atoms with Crippen molar-refractivity contribution in [3.8, 4) is 0 Å². The minimum absolute atomic E-state index is 0.0292. The molecule has 86 valence electrons. The number of rotatable bonds is 5. The van der Waals surface area contributed by atoms with Crippen LogP contribution >= 0.6 is 0 Å². The van der Waals surface area contributed by atoms with Crippen LogP contribution in [0, 0.1) is 12.8 Å². The molecule has 0 aliphatic rings. The molecule has 0 aliphatic heterocycles. The first-order valence-electron chi connectivity index (χ1n) is 5.60. The highest BCUT2D eigenvalue weighted by Gasteiger charge is 2.12. The average molecular weight is 218 g/mol. The maximum atomic E-state index is 11.8. The molecule has 0 spiro atoms. The number of ketones is 2. The van der Waals surface area contributed by atoms with Crippen molar-refractivity contribution in [1.82, 2.24) is 0 Å². The summed E-state index contributed by atoms with van der Waals surface area (Å²) < 4.78 is 0. The molecule has 2 nitrogen and oxygen atoms in total. The molecule has 0 saturated heterocycles. The molecule has 16 heavy (non-hydrogen) atoms. The Bertz CT molecular complexity index is 391. The first-order chi connectivity index (χ1) is 7.49. The van der Waals surface area contributed by atoms with Gasteiger partial charge in [-0.05, 0) is 18.9 Å². The van der Waals surface area contributed by atoms with Crippen LogP contribution in [0.2, 0.25) is 0 Å². The quantitative estimate of drug-likeness (QED) is 0.562. The molecule has 0 aliphatic carbocycles. The van der Waals surface area contributed by atoms with E-state index in [9.17, 15) is 9.59 Å². The zero-order chi connectivity index (χ0) is 12.1. The second-order valence-electron chi connectivity index (χ2n) is 4.61. The van der Waals surface area contributed by atoms with E-state index in [1.165, 1.54) is 0 Å². The predicted molar refractivity (Wildman–Crippen MR) is 64.6 cm³/mol. The van der Waals surface area contributed by atoms with Crippen LogP contribution < -0.4 is 0 Å². The molecule has 0 atom stereocenters. The van der Waals surface area contributed by atoms with E-state index < -0.39 is 0 Å². The molecule has 0 bridgehead atoms. The second kappa shape index (κ2) is 5.59. The Morgan fingerprint density at radius 3 is 2.50 bits per heavy atom. The molecule has 0 N–H and O–H groups in total. The zero-order valence-electron chi connectivity index (χ0n) is 10.1. The van der Waals surface area contributed by atoms with Crippen LogP contribution in [0.25, 0.3) is 0 Å². The maximum Gasteiger partial charge on any atom is 0.170 e. The summed E-state index contributed by atoms with van der Waals surface area (Å²) in [6.45, 7) is 5.90. The minimum Gasteiger partial charge on any atom is -0.299 e. The highest BCUT2D eigenvalue weighted by atomic mass is 16.1. The lowest BCUT2D eigenvalue weighted by atomic mass is 9.99. The van der Waals surface area contributed by atoms with Crippen molar-refractivity contribution in [1.29, 1.82) is 0 Å². The molecule has 1 aromatic rings. The van der Waals surface area contributed by atoms with Gasteiger partial charge in [0, 0.05) is 12.0 Å². The highest BCUT2D eigenvalue weighted by Crippen LogP contribution is 2.10. The van der Waals surface area contributed by atoms with E-state index in [4.69, 9.17) is 0 Å². The van der Waals surface area contributed by atoms with E-state index >= 15 is 0 Å². The summed E-state index contributed by atoms with van der Waals surface area (Å²) in [6.07, 6.45) is 0.513. The monoisotopic (exact) mass is 218 g/mol. The van der Waals surface area contributed by atoms with Crippen molar-refractivity contribution in [2.24, 2.45) is 5.92 Å². The van der Waals surface area contributed by atoms with Crippen molar-refractivity contribution in [2.45, 2.75) is 33.6 Å². The van der Waals surface area contributed by atoms with Crippen molar-refractivity contribution in [3.63, 3.8) is 0 Å². The molecule has 0 aromatic heterocycles. The van der Waals surface area contributed by atoms with Gasteiger partial charge in [0.25, 0.3) is 0 Å². The van der Waals surface area contributed by atoms with Gasteiger partial charge in [-0.15, -0.1) is 0 Å². The van der Waals surface area contributed by atoms with Crippen LogP contribution in [0.15, 0.2) is 24.3 Å². The Morgan fingerprint density at radius 2 is 1.94 bits per heavy atom. The minimum atomic E-state index is -0.0747. The van der Waals surface area contributed by atoms with E-state index in [2.05, 4.69) is 0 Å². The van der Waals surface area contributed by atoms with Gasteiger partial charge in [-0.25, -0.2) is 0 Å². The standard InChI is InChI=1S/C14H18O2/c1-10(2)7-13(15)9-14(16)12-6-4-5-11(3)8-12/h4-6,8,10H,7,9H2,1-3H3. The topological polar surface area (TPSA) is 34.1 Å². The van der Waals surface area contributed by atoms with Gasteiger partial charge in [0.1, 0.15) is 5.78 Å². The number of carbonyl (C=O) groups excluding carboxylic acids is 2. The molecule has 2 heteroatoms. The van der Waals surface area contributed by atoms with Gasteiger partial charge in [0.05, 0.1) is 6.42 Å². The molecule has 1 rings (SSSR count). The van der Waals surface area contributed by atoms with Gasteiger partial charge in [0.15, 0.2) is 5.78 Å². The van der Waals surface area contributed by atoms with Gasteiger partial charge in [0.2, 0.25) is 0 Å². The van der Waals surface area contributed by atoms with Crippen LogP contribution in [0.5, 0.6) is 0 Å². The fraction of sp³-hybridized carbons (Fsp3) is 0.429. The Balaban J connectivity index is 2.62. The summed E-state index contributed by atoms with van der Waals surface area (Å²) in [7, 11) is 0. The Labute approximate surface area is 96.7 Å². The molecular weight excluding hydrogens is 200 g/mol. The van der Waals surface area contributed by atoms with Crippen molar-refractivity contribution in [3.05, 3.63) is 35.4 Å². The largest absolute Gasteiger partial charge is 0.299 e. The summed E-state index contributed by atoms with van der Waals surface area (Å²) in [4.78, 5) is 23.3. The molecular formula is C14H18O2. The van der Waals surface area contributed by atoms with Crippen molar-refractivity contribution in [2.75, 3.05) is 0 Å². The van der Waals surface area contributed by atoms with Gasteiger partial charge in [-0.3, -0.25) is 9.59 Å². The summed E-state index contributed by atoms with van der Waals surface area (Å²) in [5, 5.41) is 0. The van der Waals surface area contributed by atoms with Crippen LogP contribution in [0.1, 0.15) is 42.6 Å². The average Bonchev–Trinajstić information content (AvgIpc) is 2.16. The number of Topliss-reactive ketones (excluding diaryl/α,β-unsaturated/α-hetero) is 2. The number of hydrogen-bond acceptors (Lipinski definition) is 2. The van der Waals surface area contributed by atoms with E-state index in [1.54, 1.807) is 6.07 Å². The molecule has 1 aromatic carbocycles. The third-order valence-electron chi connectivity index (χ3n) is 2.33. The highest BCUT2D eigenvalue weighted by molar-refractivity contribution is 6.08. The van der Waals surface area contributed by atoms with Gasteiger partial charge >= 0.3 is 0 Å². The Morgan fingerprint density at radius 1 is 1.25 bits per heavy atom. The van der Waals surface area contributed by atoms with Crippen LogP contribution in [-0.4, -0.2) is 11.6 Å². The second-order valence-corrected chi connectivity index (χ2v) is 4.61. The maximum absolute atomic E-state index is 11.8. The summed E-state index contributed by atoms with van der Waals surface area (Å²) in [5.74, 6) is 0.272. The van der Waals surface area contributed by atoms with Crippen LogP contribution in [0.3, 0.4) is 0 Å². The normalized spacial score (nSPS) is 10.5. The van der Waals surface area contributed by atoms with E-state index in [0.717, 1.165) is 5.56 Å². The Kier molecular flexibility index (Phi) is 4.41. The lowest BCUT2D eigenvalue weighted by molar-refractivity contribution is -0.118. The summed E-state index contributed by atoms with van der Waals surface area (Å²) in [5.41, 5.74) is 1.68. The van der Waals surface area contributed by atoms with Crippen molar-refractivity contribution < 1.29 is 9.59 Å². The van der Waals surface area contributed by atoms with Crippen LogP contribution in [-0.2, 0) is 4.79 Å². The smallest absolute Gasteiger partial charge is 0.170 e. The van der Waals surface area contributed by atoms with Gasteiger partial charge < -0.3 is 0 Å². The van der Waals surface area contributed by atoms with Gasteiger partial charge in [-0.1, -0.05) is 37.6 Å². The Hall–Kier alpha value is -1.44. The fourth-order valence-corrected chi connectivity index (χ4v) is 1.63. The summed E-state index contributed by atoms with van der Waals surface area (Å²) in [6, 6.07) is 7.37.